The molecule has 0 aliphatic carbocycles. The van der Waals surface area contributed by atoms with Gasteiger partial charge in [-0.3, -0.25) is 4.79 Å². The number of benzene rings is 2. The van der Waals surface area contributed by atoms with Crippen LogP contribution in [0, 0.1) is 5.92 Å². The molecule has 0 unspecified atom stereocenters. The third-order valence-corrected chi connectivity index (χ3v) is 4.58. The summed E-state index contributed by atoms with van der Waals surface area (Å²) in [6, 6.07) is 17.9. The molecule has 1 aliphatic rings. The third kappa shape index (κ3) is 4.26. The maximum atomic E-state index is 12.3. The lowest BCUT2D eigenvalue weighted by molar-refractivity contribution is -0.125. The first-order valence-corrected chi connectivity index (χ1v) is 8.42. The van der Waals surface area contributed by atoms with Crippen LogP contribution in [-0.2, 0) is 11.3 Å². The van der Waals surface area contributed by atoms with Crippen molar-refractivity contribution < 1.29 is 4.79 Å². The molecule has 1 fully saturated rings. The van der Waals surface area contributed by atoms with E-state index in [1.807, 2.05) is 48.5 Å². The molecule has 1 saturated heterocycles. The van der Waals surface area contributed by atoms with Crippen molar-refractivity contribution in [1.82, 2.24) is 5.32 Å². The van der Waals surface area contributed by atoms with E-state index in [1.54, 1.807) is 0 Å². The predicted octanol–water partition coefficient (Wildman–Crippen LogP) is 3.87. The lowest BCUT2D eigenvalue weighted by Gasteiger charge is -2.33. The highest BCUT2D eigenvalue weighted by Gasteiger charge is 2.24. The van der Waals surface area contributed by atoms with Crippen LogP contribution in [0.3, 0.4) is 0 Å². The van der Waals surface area contributed by atoms with Gasteiger partial charge >= 0.3 is 0 Å². The van der Waals surface area contributed by atoms with E-state index in [0.717, 1.165) is 42.2 Å². The van der Waals surface area contributed by atoms with E-state index < -0.39 is 0 Å². The molecule has 1 aliphatic heterocycles. The molecule has 1 heterocycles. The summed E-state index contributed by atoms with van der Waals surface area (Å²) in [6.07, 6.45) is 1.76. The Morgan fingerprint density at radius 3 is 2.52 bits per heavy atom. The molecule has 0 aromatic heterocycles. The standard InChI is InChI=1S/C19H21ClN2O/c20-17-7-4-8-18(13-17)22-11-9-16(10-12-22)19(23)21-14-15-5-2-1-3-6-15/h1-8,13,16H,9-12,14H2,(H,21,23). The Morgan fingerprint density at radius 2 is 1.83 bits per heavy atom. The second-order valence-electron chi connectivity index (χ2n) is 5.94. The minimum atomic E-state index is 0.106. The van der Waals surface area contributed by atoms with Crippen LogP contribution in [0.4, 0.5) is 5.69 Å². The summed E-state index contributed by atoms with van der Waals surface area (Å²) >= 11 is 6.05. The Bertz CT molecular complexity index is 651. The molecule has 4 heteroatoms. The van der Waals surface area contributed by atoms with Crippen LogP contribution in [0.1, 0.15) is 18.4 Å². The molecule has 2 aromatic carbocycles. The lowest BCUT2D eigenvalue weighted by atomic mass is 9.95. The molecule has 2 aromatic rings. The van der Waals surface area contributed by atoms with Gasteiger partial charge in [0.25, 0.3) is 0 Å². The maximum absolute atomic E-state index is 12.3. The molecule has 0 spiro atoms. The summed E-state index contributed by atoms with van der Waals surface area (Å²) in [6.45, 7) is 2.39. The van der Waals surface area contributed by atoms with E-state index >= 15 is 0 Å². The molecular weight excluding hydrogens is 308 g/mol. The highest BCUT2D eigenvalue weighted by molar-refractivity contribution is 6.30. The van der Waals surface area contributed by atoms with Crippen LogP contribution in [0.25, 0.3) is 0 Å². The maximum Gasteiger partial charge on any atom is 0.223 e. The Labute approximate surface area is 142 Å². The molecule has 1 N–H and O–H groups in total. The Kier molecular flexibility index (Phi) is 5.19. The summed E-state index contributed by atoms with van der Waals surface area (Å²) in [7, 11) is 0. The van der Waals surface area contributed by atoms with Crippen LogP contribution in [-0.4, -0.2) is 19.0 Å². The normalized spacial score (nSPS) is 15.4. The van der Waals surface area contributed by atoms with Crippen LogP contribution >= 0.6 is 11.6 Å². The first-order chi connectivity index (χ1) is 11.2. The van der Waals surface area contributed by atoms with Crippen molar-refractivity contribution in [2.24, 2.45) is 5.92 Å². The zero-order valence-corrected chi connectivity index (χ0v) is 13.8. The van der Waals surface area contributed by atoms with Crippen molar-refractivity contribution in [2.45, 2.75) is 19.4 Å². The summed E-state index contributed by atoms with van der Waals surface area (Å²) in [5, 5.41) is 3.81. The average Bonchev–Trinajstić information content (AvgIpc) is 2.61. The van der Waals surface area contributed by atoms with Crippen molar-refractivity contribution in [2.75, 3.05) is 18.0 Å². The molecule has 3 rings (SSSR count). The largest absolute Gasteiger partial charge is 0.371 e. The number of carbonyl (C=O) groups is 1. The molecule has 0 saturated carbocycles. The van der Waals surface area contributed by atoms with Crippen molar-refractivity contribution in [3.63, 3.8) is 0 Å². The van der Waals surface area contributed by atoms with E-state index in [1.165, 1.54) is 0 Å². The highest BCUT2D eigenvalue weighted by atomic mass is 35.5. The Hall–Kier alpha value is -2.00. The molecule has 23 heavy (non-hydrogen) atoms. The second kappa shape index (κ2) is 7.51. The van der Waals surface area contributed by atoms with Crippen molar-refractivity contribution in [3.05, 3.63) is 65.2 Å². The van der Waals surface area contributed by atoms with E-state index in [9.17, 15) is 4.79 Å². The van der Waals surface area contributed by atoms with Crippen molar-refractivity contribution in [3.8, 4) is 0 Å². The molecular formula is C19H21ClN2O. The number of halogens is 1. The number of hydrogen-bond donors (Lipinski definition) is 1. The molecule has 0 atom stereocenters. The van der Waals surface area contributed by atoms with Gasteiger partial charge in [0.15, 0.2) is 0 Å². The number of anilines is 1. The second-order valence-corrected chi connectivity index (χ2v) is 6.38. The molecule has 1 amide bonds. The Morgan fingerprint density at radius 1 is 1.09 bits per heavy atom. The van der Waals surface area contributed by atoms with E-state index in [4.69, 9.17) is 11.6 Å². The van der Waals surface area contributed by atoms with Crippen LogP contribution < -0.4 is 10.2 Å². The fourth-order valence-corrected chi connectivity index (χ4v) is 3.19. The quantitative estimate of drug-likeness (QED) is 0.924. The zero-order valence-electron chi connectivity index (χ0n) is 13.0. The predicted molar refractivity (Wildman–Crippen MR) is 94.7 cm³/mol. The van der Waals surface area contributed by atoms with E-state index in [-0.39, 0.29) is 11.8 Å². The highest BCUT2D eigenvalue weighted by Crippen LogP contribution is 2.25. The van der Waals surface area contributed by atoms with Gasteiger partial charge < -0.3 is 10.2 Å². The number of nitrogens with one attached hydrogen (secondary N) is 1. The molecule has 0 radical (unpaired) electrons. The summed E-state index contributed by atoms with van der Waals surface area (Å²) in [5.74, 6) is 0.272. The van der Waals surface area contributed by atoms with E-state index in [0.29, 0.717) is 6.54 Å². The molecule has 3 nitrogen and oxygen atoms in total. The van der Waals surface area contributed by atoms with Crippen LogP contribution in [0.2, 0.25) is 5.02 Å². The minimum absolute atomic E-state index is 0.106. The smallest absolute Gasteiger partial charge is 0.223 e. The van der Waals surface area contributed by atoms with Gasteiger partial charge in [0, 0.05) is 36.3 Å². The lowest BCUT2D eigenvalue weighted by Crippen LogP contribution is -2.40. The van der Waals surface area contributed by atoms with Gasteiger partial charge in [0.2, 0.25) is 5.91 Å². The molecule has 120 valence electrons. The summed E-state index contributed by atoms with van der Waals surface area (Å²) < 4.78 is 0. The van der Waals surface area contributed by atoms with Crippen molar-refractivity contribution >= 4 is 23.2 Å². The summed E-state index contributed by atoms with van der Waals surface area (Å²) in [4.78, 5) is 14.6. The summed E-state index contributed by atoms with van der Waals surface area (Å²) in [5.41, 5.74) is 2.28. The first kappa shape index (κ1) is 15.9. The SMILES string of the molecule is O=C(NCc1ccccc1)C1CCN(c2cccc(Cl)c2)CC1. The van der Waals surface area contributed by atoms with Gasteiger partial charge in [-0.25, -0.2) is 0 Å². The number of rotatable bonds is 4. The third-order valence-electron chi connectivity index (χ3n) is 4.35. The van der Waals surface area contributed by atoms with E-state index in [2.05, 4.69) is 16.3 Å². The molecule has 0 bridgehead atoms. The van der Waals surface area contributed by atoms with Gasteiger partial charge in [-0.15, -0.1) is 0 Å². The topological polar surface area (TPSA) is 32.3 Å². The minimum Gasteiger partial charge on any atom is -0.371 e. The van der Waals surface area contributed by atoms with Gasteiger partial charge in [-0.1, -0.05) is 48.0 Å². The fourth-order valence-electron chi connectivity index (χ4n) is 3.00. The number of carbonyl (C=O) groups excluding carboxylic acids is 1. The first-order valence-electron chi connectivity index (χ1n) is 8.04. The van der Waals surface area contributed by atoms with Gasteiger partial charge in [0.05, 0.1) is 0 Å². The zero-order chi connectivity index (χ0) is 16.1. The van der Waals surface area contributed by atoms with Crippen LogP contribution in [0.5, 0.6) is 0 Å². The van der Waals surface area contributed by atoms with Crippen LogP contribution in [0.15, 0.2) is 54.6 Å². The van der Waals surface area contributed by atoms with Gasteiger partial charge in [0.1, 0.15) is 0 Å². The van der Waals surface area contributed by atoms with Crippen molar-refractivity contribution in [1.29, 1.82) is 0 Å². The monoisotopic (exact) mass is 328 g/mol. The number of piperidine rings is 1. The fraction of sp³-hybridized carbons (Fsp3) is 0.316. The Balaban J connectivity index is 1.49. The average molecular weight is 329 g/mol. The number of amides is 1. The van der Waals surface area contributed by atoms with Gasteiger partial charge in [-0.05, 0) is 36.6 Å². The number of hydrogen-bond acceptors (Lipinski definition) is 2. The van der Waals surface area contributed by atoms with Gasteiger partial charge in [-0.2, -0.15) is 0 Å². The number of nitrogens with zero attached hydrogens (tertiary/aromatic N) is 1.